The molecule has 4 unspecified atom stereocenters. The minimum atomic E-state index is -0.802. The summed E-state index contributed by atoms with van der Waals surface area (Å²) in [5.74, 6) is 1.03. The normalized spacial score (nSPS) is 38.2. The number of carbonyl (C=O) groups is 1. The van der Waals surface area contributed by atoms with Gasteiger partial charge in [0.2, 0.25) is 0 Å². The molecule has 1 aliphatic heterocycles. The molecule has 0 spiro atoms. The molecule has 0 amide bonds. The van der Waals surface area contributed by atoms with E-state index in [-0.39, 0.29) is 6.10 Å². The first-order chi connectivity index (χ1) is 8.15. The maximum atomic E-state index is 10.8. The van der Waals surface area contributed by atoms with Crippen LogP contribution in [-0.4, -0.2) is 34.3 Å². The molecule has 1 saturated heterocycles. The van der Waals surface area contributed by atoms with Gasteiger partial charge in [0.1, 0.15) is 0 Å². The molecule has 2 rings (SSSR count). The molecule has 98 valence electrons. The fourth-order valence-electron chi connectivity index (χ4n) is 2.78. The van der Waals surface area contributed by atoms with Gasteiger partial charge >= 0.3 is 5.97 Å². The first kappa shape index (κ1) is 13.2. The minimum absolute atomic E-state index is 0.165. The summed E-state index contributed by atoms with van der Waals surface area (Å²) in [6.07, 6.45) is 6.57. The maximum Gasteiger partial charge on any atom is 0.332 e. The van der Waals surface area contributed by atoms with Crippen molar-refractivity contribution in [2.75, 3.05) is 5.75 Å². The Morgan fingerprint density at radius 2 is 2.18 bits per heavy atom. The van der Waals surface area contributed by atoms with Gasteiger partial charge in [0.05, 0.1) is 6.10 Å². The lowest BCUT2D eigenvalue weighted by Crippen LogP contribution is -2.22. The fraction of sp³-hybridized carbons (Fsp3) is 0.923. The summed E-state index contributed by atoms with van der Waals surface area (Å²) in [6, 6.07) is 0. The molecule has 0 aromatic heterocycles. The average molecular weight is 258 g/mol. The fourth-order valence-corrected chi connectivity index (χ4v) is 4.31. The van der Waals surface area contributed by atoms with Crippen molar-refractivity contribution < 1.29 is 14.6 Å². The van der Waals surface area contributed by atoms with E-state index < -0.39 is 12.1 Å². The Labute approximate surface area is 107 Å². The van der Waals surface area contributed by atoms with E-state index in [1.807, 2.05) is 11.8 Å². The van der Waals surface area contributed by atoms with Crippen molar-refractivity contribution in [1.82, 2.24) is 0 Å². The van der Waals surface area contributed by atoms with Gasteiger partial charge in [-0.25, -0.2) is 4.79 Å². The highest BCUT2D eigenvalue weighted by Gasteiger charge is 2.31. The monoisotopic (exact) mass is 258 g/mol. The topological polar surface area (TPSA) is 46.5 Å². The van der Waals surface area contributed by atoms with Gasteiger partial charge in [-0.15, -0.1) is 0 Å². The maximum absolute atomic E-state index is 10.8. The minimum Gasteiger partial charge on any atom is -0.479 e. The SMILES string of the molecule is CC1CCCC(SCC2CCC(C(=O)O)O2)C1. The summed E-state index contributed by atoms with van der Waals surface area (Å²) in [6.45, 7) is 2.33. The number of thioether (sulfide) groups is 1. The number of hydrogen-bond donors (Lipinski definition) is 1. The number of rotatable bonds is 4. The second kappa shape index (κ2) is 6.10. The zero-order valence-corrected chi connectivity index (χ0v) is 11.2. The van der Waals surface area contributed by atoms with Crippen LogP contribution in [0.1, 0.15) is 45.4 Å². The van der Waals surface area contributed by atoms with Crippen LogP contribution in [0.25, 0.3) is 0 Å². The summed E-state index contributed by atoms with van der Waals surface area (Å²) in [5.41, 5.74) is 0. The second-order valence-electron chi connectivity index (χ2n) is 5.39. The lowest BCUT2D eigenvalue weighted by molar-refractivity contribution is -0.148. The van der Waals surface area contributed by atoms with Crippen LogP contribution in [0, 0.1) is 5.92 Å². The van der Waals surface area contributed by atoms with Crippen molar-refractivity contribution in [2.45, 2.75) is 62.9 Å². The van der Waals surface area contributed by atoms with E-state index in [4.69, 9.17) is 9.84 Å². The van der Waals surface area contributed by atoms with Gasteiger partial charge < -0.3 is 9.84 Å². The van der Waals surface area contributed by atoms with E-state index in [2.05, 4.69) is 6.92 Å². The van der Waals surface area contributed by atoms with Crippen molar-refractivity contribution in [1.29, 1.82) is 0 Å². The number of hydrogen-bond acceptors (Lipinski definition) is 3. The van der Waals surface area contributed by atoms with Gasteiger partial charge in [0.25, 0.3) is 0 Å². The van der Waals surface area contributed by atoms with Crippen molar-refractivity contribution in [3.63, 3.8) is 0 Å². The molecule has 0 aromatic rings. The van der Waals surface area contributed by atoms with Gasteiger partial charge in [-0.05, 0) is 31.6 Å². The summed E-state index contributed by atoms with van der Waals surface area (Å²) >= 11 is 1.99. The van der Waals surface area contributed by atoms with Crippen molar-refractivity contribution >= 4 is 17.7 Å². The summed E-state index contributed by atoms with van der Waals surface area (Å²) in [4.78, 5) is 10.8. The van der Waals surface area contributed by atoms with Crippen LogP contribution in [-0.2, 0) is 9.53 Å². The van der Waals surface area contributed by atoms with Crippen LogP contribution in [0.3, 0.4) is 0 Å². The molecular formula is C13H22O3S. The van der Waals surface area contributed by atoms with Crippen LogP contribution < -0.4 is 0 Å². The molecule has 3 nitrogen and oxygen atoms in total. The third-order valence-electron chi connectivity index (χ3n) is 3.79. The van der Waals surface area contributed by atoms with Crippen LogP contribution >= 0.6 is 11.8 Å². The van der Waals surface area contributed by atoms with E-state index >= 15 is 0 Å². The zero-order valence-electron chi connectivity index (χ0n) is 10.4. The molecule has 4 atom stereocenters. The Kier molecular flexibility index (Phi) is 4.74. The number of carboxylic acids is 1. The summed E-state index contributed by atoms with van der Waals surface area (Å²) in [7, 11) is 0. The predicted octanol–water partition coefficient (Wildman–Crippen LogP) is 2.93. The molecule has 0 radical (unpaired) electrons. The lowest BCUT2D eigenvalue weighted by atomic mass is 9.91. The Hall–Kier alpha value is -0.220. The standard InChI is InChI=1S/C13H22O3S/c1-9-3-2-4-11(7-9)17-8-10-5-6-12(16-10)13(14)15/h9-12H,2-8H2,1H3,(H,14,15). The first-order valence-corrected chi connectivity index (χ1v) is 7.70. The van der Waals surface area contributed by atoms with Gasteiger partial charge in [-0.3, -0.25) is 0 Å². The van der Waals surface area contributed by atoms with E-state index in [9.17, 15) is 4.79 Å². The summed E-state index contributed by atoms with van der Waals surface area (Å²) in [5, 5.41) is 9.62. The predicted molar refractivity (Wildman–Crippen MR) is 69.4 cm³/mol. The Balaban J connectivity index is 1.67. The van der Waals surface area contributed by atoms with Crippen LogP contribution in [0.15, 0.2) is 0 Å². The highest BCUT2D eigenvalue weighted by molar-refractivity contribution is 7.99. The molecule has 0 bridgehead atoms. The lowest BCUT2D eigenvalue weighted by Gasteiger charge is -2.27. The third kappa shape index (κ3) is 3.88. The average Bonchev–Trinajstić information content (AvgIpc) is 2.75. The number of carboxylic acid groups (broad SMARTS) is 1. The molecule has 1 aliphatic carbocycles. The summed E-state index contributed by atoms with van der Waals surface area (Å²) < 4.78 is 5.52. The van der Waals surface area contributed by atoms with Gasteiger partial charge in [-0.1, -0.05) is 19.8 Å². The quantitative estimate of drug-likeness (QED) is 0.842. The third-order valence-corrected chi connectivity index (χ3v) is 5.25. The molecule has 1 heterocycles. The molecule has 2 fully saturated rings. The van der Waals surface area contributed by atoms with Crippen molar-refractivity contribution in [3.05, 3.63) is 0 Å². The van der Waals surface area contributed by atoms with E-state index in [0.29, 0.717) is 6.42 Å². The molecule has 0 aromatic carbocycles. The molecule has 1 saturated carbocycles. The van der Waals surface area contributed by atoms with Gasteiger partial charge in [0, 0.05) is 11.0 Å². The highest BCUT2D eigenvalue weighted by atomic mass is 32.2. The van der Waals surface area contributed by atoms with Gasteiger partial charge in [-0.2, -0.15) is 11.8 Å². The van der Waals surface area contributed by atoms with Crippen LogP contribution in [0.4, 0.5) is 0 Å². The molecule has 1 N–H and O–H groups in total. The number of ether oxygens (including phenoxy) is 1. The number of aliphatic carboxylic acids is 1. The van der Waals surface area contributed by atoms with E-state index in [1.165, 1.54) is 25.7 Å². The Morgan fingerprint density at radius 3 is 2.82 bits per heavy atom. The van der Waals surface area contributed by atoms with Crippen LogP contribution in [0.5, 0.6) is 0 Å². The molecule has 4 heteroatoms. The Morgan fingerprint density at radius 1 is 1.35 bits per heavy atom. The Bertz CT molecular complexity index is 269. The largest absolute Gasteiger partial charge is 0.479 e. The zero-order chi connectivity index (χ0) is 12.3. The van der Waals surface area contributed by atoms with Gasteiger partial charge in [0.15, 0.2) is 6.10 Å². The second-order valence-corrected chi connectivity index (χ2v) is 6.72. The van der Waals surface area contributed by atoms with E-state index in [0.717, 1.165) is 23.3 Å². The molecule has 17 heavy (non-hydrogen) atoms. The first-order valence-electron chi connectivity index (χ1n) is 6.65. The van der Waals surface area contributed by atoms with Crippen molar-refractivity contribution in [2.24, 2.45) is 5.92 Å². The highest BCUT2D eigenvalue weighted by Crippen LogP contribution is 2.34. The molecular weight excluding hydrogens is 236 g/mol. The molecule has 2 aliphatic rings. The van der Waals surface area contributed by atoms with Crippen molar-refractivity contribution in [3.8, 4) is 0 Å². The van der Waals surface area contributed by atoms with E-state index in [1.54, 1.807) is 0 Å². The van der Waals surface area contributed by atoms with Crippen LogP contribution in [0.2, 0.25) is 0 Å². The smallest absolute Gasteiger partial charge is 0.332 e.